The number of nitrogens with zero attached hydrogens (tertiary/aromatic N) is 1. The van der Waals surface area contributed by atoms with Gasteiger partial charge in [0, 0.05) is 5.69 Å². The lowest BCUT2D eigenvalue weighted by atomic mass is 10.2. The second-order valence-corrected chi connectivity index (χ2v) is 4.57. The smallest absolute Gasteiger partial charge is 0.276 e. The average Bonchev–Trinajstić information content (AvgIpc) is 2.84. The highest BCUT2D eigenvalue weighted by atomic mass is 16.5. The summed E-state index contributed by atoms with van der Waals surface area (Å²) in [4.78, 5) is 19.0. The molecule has 5 nitrogen and oxygen atoms in total. The predicted molar refractivity (Wildman–Crippen MR) is 78.0 cm³/mol. The van der Waals surface area contributed by atoms with Crippen molar-refractivity contribution in [2.45, 2.75) is 13.8 Å². The van der Waals surface area contributed by atoms with Gasteiger partial charge in [-0.15, -0.1) is 0 Å². The zero-order chi connectivity index (χ0) is 14.5. The Morgan fingerprint density at radius 1 is 1.45 bits per heavy atom. The molecule has 0 atom stereocenters. The Labute approximate surface area is 117 Å². The minimum atomic E-state index is -0.268. The number of amides is 1. The molecule has 2 rings (SSSR count). The molecule has 1 aromatic heterocycles. The second kappa shape index (κ2) is 6.06. The number of anilines is 1. The quantitative estimate of drug-likeness (QED) is 0.822. The van der Waals surface area contributed by atoms with E-state index < -0.39 is 0 Å². The number of carbonyl (C=O) groups is 1. The number of hydrogen-bond donors (Lipinski definition) is 2. The summed E-state index contributed by atoms with van der Waals surface area (Å²) in [7, 11) is 0. The fourth-order valence-corrected chi connectivity index (χ4v) is 1.67. The Bertz CT molecular complexity index is 632. The number of aromatic amines is 1. The molecule has 0 spiro atoms. The number of rotatable bonds is 5. The minimum Gasteiger partial charge on any atom is -0.487 e. The van der Waals surface area contributed by atoms with Crippen molar-refractivity contribution in [3.05, 3.63) is 54.1 Å². The maximum Gasteiger partial charge on any atom is 0.276 e. The largest absolute Gasteiger partial charge is 0.487 e. The van der Waals surface area contributed by atoms with Crippen LogP contribution in [0.1, 0.15) is 23.1 Å². The molecule has 5 heteroatoms. The average molecular weight is 271 g/mol. The molecular formula is C15H17N3O2. The van der Waals surface area contributed by atoms with E-state index in [0.29, 0.717) is 23.7 Å². The van der Waals surface area contributed by atoms with Gasteiger partial charge in [0.2, 0.25) is 0 Å². The monoisotopic (exact) mass is 271 g/mol. The van der Waals surface area contributed by atoms with Crippen molar-refractivity contribution >= 4 is 11.6 Å². The van der Waals surface area contributed by atoms with Gasteiger partial charge in [0.05, 0.1) is 12.0 Å². The molecule has 20 heavy (non-hydrogen) atoms. The molecule has 0 aliphatic carbocycles. The van der Waals surface area contributed by atoms with Crippen molar-refractivity contribution in [2.75, 3.05) is 11.9 Å². The van der Waals surface area contributed by atoms with E-state index in [9.17, 15) is 4.79 Å². The zero-order valence-corrected chi connectivity index (χ0v) is 11.6. The van der Waals surface area contributed by atoms with Crippen LogP contribution >= 0.6 is 0 Å². The second-order valence-electron chi connectivity index (χ2n) is 4.57. The van der Waals surface area contributed by atoms with E-state index >= 15 is 0 Å². The topological polar surface area (TPSA) is 67.0 Å². The van der Waals surface area contributed by atoms with Gasteiger partial charge in [-0.1, -0.05) is 18.7 Å². The highest BCUT2D eigenvalue weighted by molar-refractivity contribution is 6.04. The van der Waals surface area contributed by atoms with Gasteiger partial charge in [0.1, 0.15) is 18.1 Å². The molecule has 0 aliphatic heterocycles. The van der Waals surface area contributed by atoms with Crippen LogP contribution in [0.15, 0.2) is 42.7 Å². The summed E-state index contributed by atoms with van der Waals surface area (Å²) < 4.78 is 5.60. The molecule has 0 fully saturated rings. The molecule has 0 aliphatic rings. The highest BCUT2D eigenvalue weighted by Crippen LogP contribution is 2.24. The Hall–Kier alpha value is -2.56. The molecule has 104 valence electrons. The molecule has 0 unspecified atom stereocenters. The molecule has 2 N–H and O–H groups in total. The Balaban J connectivity index is 2.15. The Morgan fingerprint density at radius 2 is 2.20 bits per heavy atom. The number of imidazole rings is 1. The number of ether oxygens (including phenoxy) is 1. The van der Waals surface area contributed by atoms with E-state index in [1.54, 1.807) is 19.1 Å². The van der Waals surface area contributed by atoms with Crippen LogP contribution in [0.2, 0.25) is 0 Å². The van der Waals surface area contributed by atoms with Crippen molar-refractivity contribution in [3.8, 4) is 5.75 Å². The van der Waals surface area contributed by atoms with Gasteiger partial charge in [-0.05, 0) is 31.6 Å². The molecule has 1 aromatic carbocycles. The van der Waals surface area contributed by atoms with Crippen LogP contribution in [-0.2, 0) is 0 Å². The van der Waals surface area contributed by atoms with Crippen LogP contribution in [0, 0.1) is 6.92 Å². The first-order valence-corrected chi connectivity index (χ1v) is 6.25. The van der Waals surface area contributed by atoms with Gasteiger partial charge in [-0.2, -0.15) is 0 Å². The first-order valence-electron chi connectivity index (χ1n) is 6.25. The minimum absolute atomic E-state index is 0.268. The molecule has 1 heterocycles. The van der Waals surface area contributed by atoms with Gasteiger partial charge in [0.25, 0.3) is 5.91 Å². The van der Waals surface area contributed by atoms with Crippen LogP contribution in [0.3, 0.4) is 0 Å². The van der Waals surface area contributed by atoms with Gasteiger partial charge < -0.3 is 15.0 Å². The fraction of sp³-hybridized carbons (Fsp3) is 0.200. The Morgan fingerprint density at radius 3 is 2.85 bits per heavy atom. The van der Waals surface area contributed by atoms with E-state index in [1.807, 2.05) is 19.1 Å². The third-order valence-electron chi connectivity index (χ3n) is 2.65. The third-order valence-corrected chi connectivity index (χ3v) is 2.65. The first-order chi connectivity index (χ1) is 9.58. The molecule has 2 aromatic rings. The molecule has 0 radical (unpaired) electrons. The lowest BCUT2D eigenvalue weighted by Crippen LogP contribution is -2.14. The molecule has 0 saturated carbocycles. The van der Waals surface area contributed by atoms with Crippen molar-refractivity contribution in [2.24, 2.45) is 0 Å². The van der Waals surface area contributed by atoms with Gasteiger partial charge >= 0.3 is 0 Å². The number of H-pyrrole nitrogens is 1. The number of hydrogen-bond acceptors (Lipinski definition) is 3. The highest BCUT2D eigenvalue weighted by Gasteiger charge is 2.13. The van der Waals surface area contributed by atoms with Crippen molar-refractivity contribution in [1.82, 2.24) is 9.97 Å². The lowest BCUT2D eigenvalue weighted by Gasteiger charge is -2.12. The van der Waals surface area contributed by atoms with Crippen LogP contribution < -0.4 is 10.1 Å². The van der Waals surface area contributed by atoms with Gasteiger partial charge in [-0.3, -0.25) is 4.79 Å². The summed E-state index contributed by atoms with van der Waals surface area (Å²) in [6.45, 7) is 7.88. The van der Waals surface area contributed by atoms with E-state index in [-0.39, 0.29) is 5.91 Å². The van der Waals surface area contributed by atoms with Crippen molar-refractivity contribution < 1.29 is 9.53 Å². The van der Waals surface area contributed by atoms with Crippen LogP contribution in [-0.4, -0.2) is 22.5 Å². The number of carbonyl (C=O) groups excluding carboxylic acids is 1. The molecule has 0 saturated heterocycles. The van der Waals surface area contributed by atoms with E-state index in [4.69, 9.17) is 4.74 Å². The summed E-state index contributed by atoms with van der Waals surface area (Å²) in [6.07, 6.45) is 1.49. The van der Waals surface area contributed by atoms with Crippen LogP contribution in [0.4, 0.5) is 5.69 Å². The van der Waals surface area contributed by atoms with Crippen molar-refractivity contribution in [1.29, 1.82) is 0 Å². The molecule has 0 bridgehead atoms. The van der Waals surface area contributed by atoms with Crippen LogP contribution in [0.25, 0.3) is 0 Å². The normalized spacial score (nSPS) is 10.1. The first kappa shape index (κ1) is 13.9. The van der Waals surface area contributed by atoms with Crippen LogP contribution in [0.5, 0.6) is 5.75 Å². The number of benzene rings is 1. The maximum atomic E-state index is 12.1. The fourth-order valence-electron chi connectivity index (χ4n) is 1.67. The molecular weight excluding hydrogens is 254 g/mol. The number of aryl methyl sites for hydroxylation is 1. The van der Waals surface area contributed by atoms with E-state index in [2.05, 4.69) is 21.9 Å². The SMILES string of the molecule is C=C(C)COc1ccccc1NC(=O)c1nc[nH]c1C. The maximum absolute atomic E-state index is 12.1. The zero-order valence-electron chi connectivity index (χ0n) is 11.6. The van der Waals surface area contributed by atoms with Crippen molar-refractivity contribution in [3.63, 3.8) is 0 Å². The molecule has 1 amide bonds. The standard InChI is InChI=1S/C15H17N3O2/c1-10(2)8-20-13-7-5-4-6-12(13)18-15(19)14-11(3)16-9-17-14/h4-7,9H,1,8H2,2-3H3,(H,16,17)(H,18,19). The van der Waals surface area contributed by atoms with Gasteiger partial charge in [0.15, 0.2) is 0 Å². The summed E-state index contributed by atoms with van der Waals surface area (Å²) >= 11 is 0. The van der Waals surface area contributed by atoms with E-state index in [1.165, 1.54) is 6.33 Å². The number of nitrogens with one attached hydrogen (secondary N) is 2. The summed E-state index contributed by atoms with van der Waals surface area (Å²) in [5.41, 5.74) is 2.62. The summed E-state index contributed by atoms with van der Waals surface area (Å²) in [5, 5.41) is 2.80. The lowest BCUT2D eigenvalue weighted by molar-refractivity contribution is 0.102. The number of para-hydroxylation sites is 2. The summed E-state index contributed by atoms with van der Waals surface area (Å²) in [5.74, 6) is 0.340. The van der Waals surface area contributed by atoms with E-state index in [0.717, 1.165) is 11.3 Å². The Kier molecular flexibility index (Phi) is 4.20. The number of aromatic nitrogens is 2. The predicted octanol–water partition coefficient (Wildman–Crippen LogP) is 2.93. The van der Waals surface area contributed by atoms with Gasteiger partial charge in [-0.25, -0.2) is 4.98 Å². The summed E-state index contributed by atoms with van der Waals surface area (Å²) in [6, 6.07) is 7.27. The third kappa shape index (κ3) is 3.26.